The Morgan fingerprint density at radius 3 is 2.67 bits per heavy atom. The van der Waals surface area contributed by atoms with Crippen molar-refractivity contribution in [2.75, 3.05) is 0 Å². The molecule has 1 aromatic heterocycles. The fraction of sp³-hybridized carbons (Fsp3) is 0.421. The molecule has 0 amide bonds. The number of fused-ring (bicyclic) bond motifs is 1. The van der Waals surface area contributed by atoms with Crippen LogP contribution in [-0.2, 0) is 12.8 Å². The first-order chi connectivity index (χ1) is 10.3. The van der Waals surface area contributed by atoms with Crippen molar-refractivity contribution in [2.45, 2.75) is 50.9 Å². The van der Waals surface area contributed by atoms with Crippen molar-refractivity contribution in [2.24, 2.45) is 0 Å². The highest BCUT2D eigenvalue weighted by atomic mass is 32.1. The third-order valence-corrected chi connectivity index (χ3v) is 6.18. The molecule has 21 heavy (non-hydrogen) atoms. The highest BCUT2D eigenvalue weighted by Crippen LogP contribution is 2.37. The molecule has 1 saturated carbocycles. The quantitative estimate of drug-likeness (QED) is 0.718. The molecular weight excluding hydrogens is 276 g/mol. The van der Waals surface area contributed by atoms with Gasteiger partial charge in [0.05, 0.1) is 4.88 Å². The van der Waals surface area contributed by atoms with Gasteiger partial charge in [0.15, 0.2) is 0 Å². The Morgan fingerprint density at radius 2 is 1.90 bits per heavy atom. The predicted octanol–water partition coefficient (Wildman–Crippen LogP) is 5.13. The summed E-state index contributed by atoms with van der Waals surface area (Å²) in [6.45, 7) is 0. The summed E-state index contributed by atoms with van der Waals surface area (Å²) >= 11 is 1.72. The fourth-order valence-corrected chi connectivity index (χ4v) is 4.64. The zero-order valence-electron chi connectivity index (χ0n) is 12.2. The maximum Gasteiger partial charge on any atom is 0.202 e. The van der Waals surface area contributed by atoms with Gasteiger partial charge in [-0.05, 0) is 67.7 Å². The Kier molecular flexibility index (Phi) is 3.42. The molecule has 2 aliphatic rings. The molecule has 2 aromatic rings. The second kappa shape index (κ2) is 5.42. The van der Waals surface area contributed by atoms with Crippen LogP contribution in [0.25, 0.3) is 0 Å². The van der Waals surface area contributed by atoms with Crippen molar-refractivity contribution in [1.29, 1.82) is 0 Å². The number of hydrogen-bond donors (Lipinski definition) is 0. The minimum Gasteiger partial charge on any atom is -0.288 e. The molecule has 0 spiro atoms. The van der Waals surface area contributed by atoms with Gasteiger partial charge in [-0.2, -0.15) is 0 Å². The Labute approximate surface area is 130 Å². The van der Waals surface area contributed by atoms with E-state index in [4.69, 9.17) is 0 Å². The normalized spacial score (nSPS) is 18.1. The monoisotopic (exact) mass is 296 g/mol. The first kappa shape index (κ1) is 13.3. The Hall–Kier alpha value is -1.41. The maximum atomic E-state index is 12.8. The smallest absolute Gasteiger partial charge is 0.202 e. The maximum absolute atomic E-state index is 12.8. The largest absolute Gasteiger partial charge is 0.288 e. The molecule has 1 heterocycles. The summed E-state index contributed by atoms with van der Waals surface area (Å²) in [5, 5.41) is 0. The average molecular weight is 296 g/mol. The van der Waals surface area contributed by atoms with E-state index in [1.54, 1.807) is 11.3 Å². The molecule has 1 fully saturated rings. The van der Waals surface area contributed by atoms with Gasteiger partial charge in [0, 0.05) is 10.4 Å². The first-order valence-corrected chi connectivity index (χ1v) is 8.89. The lowest BCUT2D eigenvalue weighted by Gasteiger charge is -2.26. The van der Waals surface area contributed by atoms with Crippen molar-refractivity contribution in [3.63, 3.8) is 0 Å². The molecule has 2 heteroatoms. The highest BCUT2D eigenvalue weighted by Gasteiger charge is 2.22. The molecule has 0 bridgehead atoms. The van der Waals surface area contributed by atoms with Gasteiger partial charge >= 0.3 is 0 Å². The van der Waals surface area contributed by atoms with E-state index in [1.165, 1.54) is 48.1 Å². The summed E-state index contributed by atoms with van der Waals surface area (Å²) < 4.78 is 0. The van der Waals surface area contributed by atoms with E-state index < -0.39 is 0 Å². The van der Waals surface area contributed by atoms with Gasteiger partial charge in [-0.1, -0.05) is 24.6 Å². The number of thiophene rings is 1. The lowest BCUT2D eigenvalue weighted by atomic mass is 9.79. The summed E-state index contributed by atoms with van der Waals surface area (Å²) in [4.78, 5) is 15.1. The second-order valence-corrected chi connectivity index (χ2v) is 7.49. The zero-order chi connectivity index (χ0) is 14.2. The Balaban J connectivity index is 1.63. The van der Waals surface area contributed by atoms with Crippen LogP contribution < -0.4 is 0 Å². The van der Waals surface area contributed by atoms with Crippen molar-refractivity contribution in [3.8, 4) is 0 Å². The summed E-state index contributed by atoms with van der Waals surface area (Å²) in [6, 6.07) is 10.5. The Bertz CT molecular complexity index is 655. The lowest BCUT2D eigenvalue weighted by Crippen LogP contribution is -2.09. The molecule has 1 aromatic carbocycles. The predicted molar refractivity (Wildman–Crippen MR) is 87.4 cm³/mol. The van der Waals surface area contributed by atoms with E-state index in [-0.39, 0.29) is 5.78 Å². The van der Waals surface area contributed by atoms with Crippen molar-refractivity contribution in [3.05, 3.63) is 56.8 Å². The van der Waals surface area contributed by atoms with E-state index in [0.29, 0.717) is 5.92 Å². The third kappa shape index (κ3) is 2.46. The number of carbonyl (C=O) groups is 1. The molecule has 2 aliphatic carbocycles. The molecule has 0 atom stereocenters. The van der Waals surface area contributed by atoms with Gasteiger partial charge in [-0.15, -0.1) is 11.3 Å². The topological polar surface area (TPSA) is 17.1 Å². The van der Waals surface area contributed by atoms with Crippen LogP contribution in [0.2, 0.25) is 0 Å². The highest BCUT2D eigenvalue weighted by molar-refractivity contribution is 7.14. The second-order valence-electron chi connectivity index (χ2n) is 6.35. The molecule has 0 unspecified atom stereocenters. The third-order valence-electron chi connectivity index (χ3n) is 4.95. The van der Waals surface area contributed by atoms with Gasteiger partial charge in [0.25, 0.3) is 0 Å². The fourth-order valence-electron chi connectivity index (χ4n) is 3.42. The van der Waals surface area contributed by atoms with Crippen LogP contribution in [0, 0.1) is 0 Å². The van der Waals surface area contributed by atoms with Crippen LogP contribution in [-0.4, -0.2) is 5.78 Å². The SMILES string of the molecule is O=C(c1cccc(C2CCC2)c1)c1cc2c(s1)CCCC2. The average Bonchev–Trinajstić information content (AvgIpc) is 2.89. The number of carbonyl (C=O) groups excluding carboxylic acids is 1. The van der Waals surface area contributed by atoms with Crippen LogP contribution in [0.1, 0.15) is 69.3 Å². The molecule has 4 rings (SSSR count). The van der Waals surface area contributed by atoms with Gasteiger partial charge in [0.2, 0.25) is 5.78 Å². The molecule has 0 aliphatic heterocycles. The summed E-state index contributed by atoms with van der Waals surface area (Å²) in [5.41, 5.74) is 3.65. The number of aryl methyl sites for hydroxylation is 2. The van der Waals surface area contributed by atoms with Crippen LogP contribution in [0.4, 0.5) is 0 Å². The van der Waals surface area contributed by atoms with Gasteiger partial charge in [0.1, 0.15) is 0 Å². The van der Waals surface area contributed by atoms with Crippen LogP contribution in [0.3, 0.4) is 0 Å². The van der Waals surface area contributed by atoms with E-state index >= 15 is 0 Å². The van der Waals surface area contributed by atoms with Gasteiger partial charge < -0.3 is 0 Å². The molecule has 1 nitrogen and oxygen atoms in total. The molecule has 0 N–H and O–H groups in total. The first-order valence-electron chi connectivity index (χ1n) is 8.07. The molecule has 108 valence electrons. The van der Waals surface area contributed by atoms with E-state index in [0.717, 1.165) is 23.3 Å². The zero-order valence-corrected chi connectivity index (χ0v) is 13.0. The summed E-state index contributed by atoms with van der Waals surface area (Å²) in [5.74, 6) is 0.907. The van der Waals surface area contributed by atoms with Crippen LogP contribution >= 0.6 is 11.3 Å². The molecule has 0 saturated heterocycles. The van der Waals surface area contributed by atoms with Gasteiger partial charge in [-0.3, -0.25) is 4.79 Å². The van der Waals surface area contributed by atoms with Crippen molar-refractivity contribution >= 4 is 17.1 Å². The number of rotatable bonds is 3. The molecular formula is C19H20OS. The van der Waals surface area contributed by atoms with E-state index in [9.17, 15) is 4.79 Å². The number of hydrogen-bond acceptors (Lipinski definition) is 2. The minimum absolute atomic E-state index is 0.218. The Morgan fingerprint density at radius 1 is 1.05 bits per heavy atom. The standard InChI is InChI=1S/C19H20OS/c20-19(18-12-15-5-1-2-10-17(15)21-18)16-9-4-8-14(11-16)13-6-3-7-13/h4,8-9,11-13H,1-3,5-7,10H2. The van der Waals surface area contributed by atoms with Crippen LogP contribution in [0.15, 0.2) is 30.3 Å². The lowest BCUT2D eigenvalue weighted by molar-refractivity contribution is 0.104. The van der Waals surface area contributed by atoms with Gasteiger partial charge in [-0.25, -0.2) is 0 Å². The minimum atomic E-state index is 0.218. The summed E-state index contributed by atoms with van der Waals surface area (Å²) in [6.07, 6.45) is 8.76. The van der Waals surface area contributed by atoms with E-state index in [1.807, 2.05) is 6.07 Å². The van der Waals surface area contributed by atoms with Crippen molar-refractivity contribution < 1.29 is 4.79 Å². The summed E-state index contributed by atoms with van der Waals surface area (Å²) in [7, 11) is 0. The van der Waals surface area contributed by atoms with Crippen LogP contribution in [0.5, 0.6) is 0 Å². The van der Waals surface area contributed by atoms with Crippen molar-refractivity contribution in [1.82, 2.24) is 0 Å². The van der Waals surface area contributed by atoms with E-state index in [2.05, 4.69) is 24.3 Å². The number of benzene rings is 1. The molecule has 0 radical (unpaired) electrons. The number of ketones is 1.